The SMILES string of the molecule is Cc1ccc(OP(O)Oc2ccc(C(C)(C)C)cc2C(C)(C)C)c(C(C)(C)C)c1. The van der Waals surface area contributed by atoms with Crippen LogP contribution >= 0.6 is 8.60 Å². The maximum Gasteiger partial charge on any atom is 0.460 e. The van der Waals surface area contributed by atoms with Gasteiger partial charge in [0, 0.05) is 11.1 Å². The molecule has 3 nitrogen and oxygen atoms in total. The summed E-state index contributed by atoms with van der Waals surface area (Å²) in [6.07, 6.45) is 0. The van der Waals surface area contributed by atoms with E-state index in [-0.39, 0.29) is 16.2 Å². The van der Waals surface area contributed by atoms with Crippen LogP contribution in [0, 0.1) is 6.92 Å². The lowest BCUT2D eigenvalue weighted by molar-refractivity contribution is 0.371. The van der Waals surface area contributed by atoms with Gasteiger partial charge in [-0.25, -0.2) is 0 Å². The largest absolute Gasteiger partial charge is 0.460 e. The van der Waals surface area contributed by atoms with E-state index in [1.54, 1.807) is 0 Å². The Balaban J connectivity index is 2.34. The molecule has 0 aliphatic rings. The lowest BCUT2D eigenvalue weighted by Gasteiger charge is -2.28. The molecule has 0 saturated carbocycles. The van der Waals surface area contributed by atoms with Gasteiger partial charge in [-0.05, 0) is 40.9 Å². The molecule has 160 valence electrons. The molecule has 2 aromatic carbocycles. The summed E-state index contributed by atoms with van der Waals surface area (Å²) in [6, 6.07) is 12.2. The molecule has 0 aliphatic carbocycles. The number of aryl methyl sites for hydroxylation is 1. The minimum absolute atomic E-state index is 0.0441. The summed E-state index contributed by atoms with van der Waals surface area (Å²) in [5.74, 6) is 1.34. The molecule has 1 N–H and O–H groups in total. The van der Waals surface area contributed by atoms with Gasteiger partial charge in [0.1, 0.15) is 11.5 Å². The smallest absolute Gasteiger partial charge is 0.418 e. The molecule has 0 spiro atoms. The Bertz CT molecular complexity index is 852. The number of rotatable bonds is 4. The van der Waals surface area contributed by atoms with E-state index in [2.05, 4.69) is 87.4 Å². The van der Waals surface area contributed by atoms with E-state index in [0.29, 0.717) is 11.5 Å². The molecule has 0 heterocycles. The van der Waals surface area contributed by atoms with Gasteiger partial charge >= 0.3 is 8.60 Å². The molecule has 29 heavy (non-hydrogen) atoms. The Hall–Kier alpha value is -1.57. The predicted octanol–water partition coefficient (Wildman–Crippen LogP) is 7.56. The Morgan fingerprint density at radius 2 is 1.10 bits per heavy atom. The van der Waals surface area contributed by atoms with E-state index >= 15 is 0 Å². The monoisotopic (exact) mass is 416 g/mol. The number of benzene rings is 2. The van der Waals surface area contributed by atoms with Gasteiger partial charge in [0.05, 0.1) is 0 Å². The van der Waals surface area contributed by atoms with Crippen LogP contribution in [0.5, 0.6) is 11.5 Å². The molecule has 4 heteroatoms. The van der Waals surface area contributed by atoms with E-state index in [9.17, 15) is 4.89 Å². The van der Waals surface area contributed by atoms with Crippen molar-refractivity contribution < 1.29 is 13.9 Å². The van der Waals surface area contributed by atoms with Crippen LogP contribution in [0.25, 0.3) is 0 Å². The van der Waals surface area contributed by atoms with Crippen molar-refractivity contribution in [1.82, 2.24) is 0 Å². The molecular weight excluding hydrogens is 379 g/mol. The fourth-order valence-electron chi connectivity index (χ4n) is 3.16. The normalized spacial score (nSPS) is 13.9. The molecule has 0 radical (unpaired) electrons. The lowest BCUT2D eigenvalue weighted by atomic mass is 9.80. The Morgan fingerprint density at radius 3 is 1.55 bits per heavy atom. The zero-order chi connectivity index (χ0) is 22.2. The second-order valence-corrected chi connectivity index (χ2v) is 11.7. The van der Waals surface area contributed by atoms with Gasteiger partial charge in [0.2, 0.25) is 0 Å². The molecule has 1 atom stereocenters. The molecule has 0 bridgehead atoms. The summed E-state index contributed by atoms with van der Waals surface area (Å²) in [5, 5.41) is 0. The molecule has 2 aromatic rings. The first-order chi connectivity index (χ1) is 13.1. The van der Waals surface area contributed by atoms with E-state index in [1.807, 2.05) is 18.2 Å². The second kappa shape index (κ2) is 8.28. The van der Waals surface area contributed by atoms with Gasteiger partial charge < -0.3 is 13.9 Å². The highest BCUT2D eigenvalue weighted by Gasteiger charge is 2.26. The zero-order valence-electron chi connectivity index (χ0n) is 19.7. The average molecular weight is 417 g/mol. The standard InChI is InChI=1S/C25H37O3P/c1-17-11-13-21(19(15-17)24(5,6)7)27-29(26)28-22-14-12-18(23(2,3)4)16-20(22)25(8,9)10/h11-16,26H,1-10H3. The van der Waals surface area contributed by atoms with Crippen LogP contribution in [0.3, 0.4) is 0 Å². The van der Waals surface area contributed by atoms with Crippen molar-refractivity contribution >= 4 is 8.60 Å². The van der Waals surface area contributed by atoms with Gasteiger partial charge in [0.25, 0.3) is 0 Å². The summed E-state index contributed by atoms with van der Waals surface area (Å²) in [5.41, 5.74) is 4.36. The van der Waals surface area contributed by atoms with E-state index in [0.717, 1.165) is 11.1 Å². The minimum atomic E-state index is -2.11. The van der Waals surface area contributed by atoms with Crippen molar-refractivity contribution in [2.45, 2.75) is 85.5 Å². The van der Waals surface area contributed by atoms with Crippen molar-refractivity contribution in [3.8, 4) is 11.5 Å². The molecule has 0 fully saturated rings. The Labute approximate surface area is 178 Å². The van der Waals surface area contributed by atoms with Gasteiger partial charge in [-0.3, -0.25) is 0 Å². The zero-order valence-corrected chi connectivity index (χ0v) is 20.6. The first-order valence-corrected chi connectivity index (χ1v) is 11.3. The predicted molar refractivity (Wildman–Crippen MR) is 124 cm³/mol. The topological polar surface area (TPSA) is 38.7 Å². The van der Waals surface area contributed by atoms with Gasteiger partial charge in [-0.15, -0.1) is 0 Å². The highest BCUT2D eigenvalue weighted by Crippen LogP contribution is 2.44. The van der Waals surface area contributed by atoms with Crippen molar-refractivity contribution in [3.05, 3.63) is 58.7 Å². The van der Waals surface area contributed by atoms with E-state index < -0.39 is 8.60 Å². The Morgan fingerprint density at radius 1 is 0.655 bits per heavy atom. The molecule has 0 aromatic heterocycles. The highest BCUT2D eigenvalue weighted by atomic mass is 31.2. The number of hydrogen-bond acceptors (Lipinski definition) is 3. The fraction of sp³-hybridized carbons (Fsp3) is 0.520. The molecule has 0 aliphatic heterocycles. The van der Waals surface area contributed by atoms with Crippen LogP contribution < -0.4 is 9.05 Å². The van der Waals surface area contributed by atoms with Crippen molar-refractivity contribution in [3.63, 3.8) is 0 Å². The maximum atomic E-state index is 10.7. The third kappa shape index (κ3) is 6.20. The molecular formula is C25H37O3P. The summed E-state index contributed by atoms with van der Waals surface area (Å²) in [7, 11) is -2.11. The Kier molecular flexibility index (Phi) is 6.77. The van der Waals surface area contributed by atoms with Crippen LogP contribution in [0.2, 0.25) is 0 Å². The van der Waals surface area contributed by atoms with Gasteiger partial charge in [0.15, 0.2) is 0 Å². The molecule has 0 saturated heterocycles. The summed E-state index contributed by atoms with van der Waals surface area (Å²) in [4.78, 5) is 10.7. The van der Waals surface area contributed by atoms with Crippen molar-refractivity contribution in [2.75, 3.05) is 0 Å². The average Bonchev–Trinajstić information content (AvgIpc) is 2.53. The van der Waals surface area contributed by atoms with Crippen LogP contribution in [0.15, 0.2) is 36.4 Å². The summed E-state index contributed by atoms with van der Waals surface area (Å²) in [6.45, 7) is 21.5. The number of hydrogen-bond donors (Lipinski definition) is 1. The van der Waals surface area contributed by atoms with Crippen LogP contribution in [0.4, 0.5) is 0 Å². The third-order valence-corrected chi connectivity index (χ3v) is 5.66. The first-order valence-electron chi connectivity index (χ1n) is 10.2. The molecule has 0 amide bonds. The molecule has 2 rings (SSSR count). The van der Waals surface area contributed by atoms with Crippen molar-refractivity contribution in [1.29, 1.82) is 0 Å². The maximum absolute atomic E-state index is 10.7. The van der Waals surface area contributed by atoms with Crippen LogP contribution in [0.1, 0.15) is 84.6 Å². The highest BCUT2D eigenvalue weighted by molar-refractivity contribution is 7.41. The third-order valence-electron chi connectivity index (χ3n) is 4.95. The first kappa shape index (κ1) is 23.7. The van der Waals surface area contributed by atoms with Crippen LogP contribution in [-0.4, -0.2) is 4.89 Å². The molecule has 1 unspecified atom stereocenters. The summed E-state index contributed by atoms with van der Waals surface area (Å²) < 4.78 is 11.8. The lowest BCUT2D eigenvalue weighted by Crippen LogP contribution is -2.17. The van der Waals surface area contributed by atoms with Gasteiger partial charge in [-0.2, -0.15) is 0 Å². The fourth-order valence-corrected chi connectivity index (χ4v) is 3.85. The summed E-state index contributed by atoms with van der Waals surface area (Å²) >= 11 is 0. The minimum Gasteiger partial charge on any atom is -0.418 e. The second-order valence-electron chi connectivity index (χ2n) is 10.9. The quantitative estimate of drug-likeness (QED) is 0.523. The van der Waals surface area contributed by atoms with Crippen molar-refractivity contribution in [2.24, 2.45) is 0 Å². The van der Waals surface area contributed by atoms with E-state index in [4.69, 9.17) is 9.05 Å². The van der Waals surface area contributed by atoms with Gasteiger partial charge in [-0.1, -0.05) is 92.1 Å². The van der Waals surface area contributed by atoms with Crippen LogP contribution in [-0.2, 0) is 16.2 Å². The van der Waals surface area contributed by atoms with E-state index in [1.165, 1.54) is 11.1 Å².